The lowest BCUT2D eigenvalue weighted by atomic mass is 10.2. The van der Waals surface area contributed by atoms with Crippen molar-refractivity contribution in [2.45, 2.75) is 39.5 Å². The fourth-order valence-electron chi connectivity index (χ4n) is 3.32. The van der Waals surface area contributed by atoms with E-state index in [1.54, 1.807) is 19.5 Å². The van der Waals surface area contributed by atoms with Crippen LogP contribution in [0.1, 0.15) is 50.8 Å². The lowest BCUT2D eigenvalue weighted by Gasteiger charge is -2.11. The number of hydrogen-bond donors (Lipinski definition) is 1. The average Bonchev–Trinajstić information content (AvgIpc) is 2.90. The van der Waals surface area contributed by atoms with Crippen LogP contribution in [-0.4, -0.2) is 37.4 Å². The summed E-state index contributed by atoms with van der Waals surface area (Å²) in [5.41, 5.74) is 5.35. The molecule has 35 heavy (non-hydrogen) atoms. The van der Waals surface area contributed by atoms with Gasteiger partial charge in [0.25, 0.3) is 0 Å². The summed E-state index contributed by atoms with van der Waals surface area (Å²) < 4.78 is 16.9. The van der Waals surface area contributed by atoms with Crippen LogP contribution in [0, 0.1) is 0 Å². The van der Waals surface area contributed by atoms with Crippen LogP contribution in [-0.2, 0) is 0 Å². The average molecular weight is 475 g/mol. The van der Waals surface area contributed by atoms with Gasteiger partial charge in [0, 0.05) is 6.20 Å². The zero-order valence-electron chi connectivity index (χ0n) is 20.7. The summed E-state index contributed by atoms with van der Waals surface area (Å²) in [6, 6.07) is 19.0. The third-order valence-electron chi connectivity index (χ3n) is 5.12. The van der Waals surface area contributed by atoms with Gasteiger partial charge in [-0.15, -0.1) is 0 Å². The molecule has 0 radical (unpaired) electrons. The Morgan fingerprint density at radius 1 is 0.943 bits per heavy atom. The quantitative estimate of drug-likeness (QED) is 0.139. The maximum absolute atomic E-state index is 5.90. The monoisotopic (exact) mass is 474 g/mol. The van der Waals surface area contributed by atoms with Gasteiger partial charge >= 0.3 is 0 Å². The topological polar surface area (TPSA) is 77.3 Å². The molecular formula is C28H34N4O3. The van der Waals surface area contributed by atoms with Gasteiger partial charge in [0.1, 0.15) is 11.4 Å². The molecule has 3 rings (SSSR count). The van der Waals surface area contributed by atoms with Gasteiger partial charge in [0.05, 0.1) is 32.2 Å². The first-order valence-electron chi connectivity index (χ1n) is 12.1. The molecule has 1 heterocycles. The number of ether oxygens (including phenoxy) is 3. The third-order valence-corrected chi connectivity index (χ3v) is 5.12. The summed E-state index contributed by atoms with van der Waals surface area (Å²) >= 11 is 0. The van der Waals surface area contributed by atoms with Gasteiger partial charge in [-0.05, 0) is 73.5 Å². The van der Waals surface area contributed by atoms with Gasteiger partial charge in [0.15, 0.2) is 17.3 Å². The molecule has 0 fully saturated rings. The summed E-state index contributed by atoms with van der Waals surface area (Å²) in [7, 11) is 1.64. The predicted octanol–water partition coefficient (Wildman–Crippen LogP) is 6.15. The Hall–Kier alpha value is -3.87. The SMILES string of the molecule is CCCCCCOc1ccc(/C=N/NC(=Nc2ccc(OCC)cc2)c2ccccn2)cc1OC. The van der Waals surface area contributed by atoms with E-state index in [-0.39, 0.29) is 0 Å². The van der Waals surface area contributed by atoms with Crippen molar-refractivity contribution in [1.82, 2.24) is 10.4 Å². The van der Waals surface area contributed by atoms with Gasteiger partial charge in [0.2, 0.25) is 0 Å². The van der Waals surface area contributed by atoms with E-state index in [0.29, 0.717) is 30.5 Å². The van der Waals surface area contributed by atoms with Crippen LogP contribution in [0.5, 0.6) is 17.2 Å². The van der Waals surface area contributed by atoms with E-state index in [1.165, 1.54) is 19.3 Å². The van der Waals surface area contributed by atoms with Crippen molar-refractivity contribution in [2.75, 3.05) is 20.3 Å². The Labute approximate surface area is 207 Å². The van der Waals surface area contributed by atoms with Crippen molar-refractivity contribution in [3.8, 4) is 17.2 Å². The molecule has 0 bridgehead atoms. The Morgan fingerprint density at radius 2 is 1.80 bits per heavy atom. The third kappa shape index (κ3) is 8.45. The molecule has 0 spiro atoms. The van der Waals surface area contributed by atoms with Crippen molar-refractivity contribution >= 4 is 17.7 Å². The number of amidine groups is 1. The second kappa shape index (κ2) is 14.4. The van der Waals surface area contributed by atoms with Crippen LogP contribution in [0.15, 0.2) is 77.0 Å². The minimum Gasteiger partial charge on any atom is -0.494 e. The lowest BCUT2D eigenvalue weighted by molar-refractivity contribution is 0.285. The van der Waals surface area contributed by atoms with Crippen LogP contribution < -0.4 is 19.6 Å². The maximum Gasteiger partial charge on any atom is 0.172 e. The van der Waals surface area contributed by atoms with Crippen LogP contribution >= 0.6 is 0 Å². The number of pyridine rings is 1. The largest absolute Gasteiger partial charge is 0.494 e. The minimum absolute atomic E-state index is 0.532. The smallest absolute Gasteiger partial charge is 0.172 e. The second-order valence-electron chi connectivity index (χ2n) is 7.79. The van der Waals surface area contributed by atoms with Gasteiger partial charge in [-0.1, -0.05) is 32.3 Å². The van der Waals surface area contributed by atoms with E-state index in [1.807, 2.05) is 67.6 Å². The normalized spacial score (nSPS) is 11.5. The van der Waals surface area contributed by atoms with Crippen LogP contribution in [0.4, 0.5) is 5.69 Å². The Balaban J connectivity index is 1.71. The van der Waals surface area contributed by atoms with Gasteiger partial charge in [-0.2, -0.15) is 5.10 Å². The van der Waals surface area contributed by atoms with Crippen LogP contribution in [0.3, 0.4) is 0 Å². The first kappa shape index (κ1) is 25.7. The fraction of sp³-hybridized carbons (Fsp3) is 0.321. The van der Waals surface area contributed by atoms with E-state index in [9.17, 15) is 0 Å². The Bertz CT molecular complexity index is 1080. The Morgan fingerprint density at radius 3 is 2.51 bits per heavy atom. The van der Waals surface area contributed by atoms with Crippen molar-refractivity contribution < 1.29 is 14.2 Å². The zero-order valence-corrected chi connectivity index (χ0v) is 20.7. The molecule has 184 valence electrons. The molecule has 0 aliphatic carbocycles. The first-order chi connectivity index (χ1) is 17.2. The molecule has 2 aromatic carbocycles. The molecule has 0 atom stereocenters. The summed E-state index contributed by atoms with van der Waals surface area (Å²) in [6.07, 6.45) is 8.08. The van der Waals surface area contributed by atoms with Crippen molar-refractivity contribution in [2.24, 2.45) is 10.1 Å². The minimum atomic E-state index is 0.532. The molecule has 0 amide bonds. The molecule has 0 saturated carbocycles. The highest BCUT2D eigenvalue weighted by Crippen LogP contribution is 2.28. The molecule has 7 heteroatoms. The van der Waals surface area contributed by atoms with Gasteiger partial charge in [-0.25, -0.2) is 4.99 Å². The van der Waals surface area contributed by atoms with E-state index in [0.717, 1.165) is 29.2 Å². The molecular weight excluding hydrogens is 440 g/mol. The maximum atomic E-state index is 5.90. The standard InChI is InChI=1S/C28H34N4O3/c1-4-6-7-10-19-35-26-17-12-22(20-27(26)33-3)21-30-32-28(25-11-8-9-18-29-25)31-23-13-15-24(16-14-23)34-5-2/h8-9,11-18,20-21H,4-7,10,19H2,1-3H3,(H,31,32)/b30-21+. The van der Waals surface area contributed by atoms with Crippen molar-refractivity contribution in [3.05, 3.63) is 78.1 Å². The Kier molecular flexibility index (Phi) is 10.6. The number of hydrazone groups is 1. The van der Waals surface area contributed by atoms with E-state index >= 15 is 0 Å². The summed E-state index contributed by atoms with van der Waals surface area (Å²) in [5, 5.41) is 4.40. The second-order valence-corrected chi connectivity index (χ2v) is 7.79. The van der Waals surface area contributed by atoms with E-state index < -0.39 is 0 Å². The first-order valence-corrected chi connectivity index (χ1v) is 12.1. The number of nitrogens with one attached hydrogen (secondary N) is 1. The number of nitrogens with zero attached hydrogens (tertiary/aromatic N) is 3. The number of rotatable bonds is 13. The lowest BCUT2D eigenvalue weighted by Crippen LogP contribution is -2.20. The van der Waals surface area contributed by atoms with Crippen molar-refractivity contribution in [3.63, 3.8) is 0 Å². The zero-order chi connectivity index (χ0) is 24.7. The molecule has 0 unspecified atom stereocenters. The van der Waals surface area contributed by atoms with Crippen LogP contribution in [0.25, 0.3) is 0 Å². The molecule has 0 aliphatic rings. The molecule has 7 nitrogen and oxygen atoms in total. The highest BCUT2D eigenvalue weighted by molar-refractivity contribution is 5.99. The summed E-state index contributed by atoms with van der Waals surface area (Å²) in [5.74, 6) is 2.75. The van der Waals surface area contributed by atoms with Crippen LogP contribution in [0.2, 0.25) is 0 Å². The van der Waals surface area contributed by atoms with Gasteiger partial charge < -0.3 is 14.2 Å². The summed E-state index contributed by atoms with van der Waals surface area (Å²) in [6.45, 7) is 5.46. The number of hydrogen-bond acceptors (Lipinski definition) is 6. The highest BCUT2D eigenvalue weighted by Gasteiger charge is 2.07. The molecule has 0 aliphatic heterocycles. The molecule has 1 N–H and O–H groups in total. The fourth-order valence-corrected chi connectivity index (χ4v) is 3.32. The molecule has 3 aromatic rings. The number of methoxy groups -OCH3 is 1. The van der Waals surface area contributed by atoms with Crippen molar-refractivity contribution in [1.29, 1.82) is 0 Å². The van der Waals surface area contributed by atoms with E-state index in [2.05, 4.69) is 22.4 Å². The predicted molar refractivity (Wildman–Crippen MR) is 141 cm³/mol. The van der Waals surface area contributed by atoms with Gasteiger partial charge in [-0.3, -0.25) is 10.4 Å². The number of benzene rings is 2. The number of unbranched alkanes of at least 4 members (excludes halogenated alkanes) is 3. The summed E-state index contributed by atoms with van der Waals surface area (Å²) in [4.78, 5) is 9.10. The number of aliphatic imine (C=N–C) groups is 1. The van der Waals surface area contributed by atoms with E-state index in [4.69, 9.17) is 19.2 Å². The molecule has 0 saturated heterocycles. The highest BCUT2D eigenvalue weighted by atomic mass is 16.5. The number of aromatic nitrogens is 1. The molecule has 1 aromatic heterocycles.